The number of carbonyl (C=O) groups is 1. The predicted octanol–water partition coefficient (Wildman–Crippen LogP) is 4.92. The van der Waals surface area contributed by atoms with Crippen LogP contribution in [-0.2, 0) is 17.8 Å². The van der Waals surface area contributed by atoms with Gasteiger partial charge in [0.2, 0.25) is 5.91 Å². The Kier molecular flexibility index (Phi) is 6.18. The molecule has 0 saturated heterocycles. The molecule has 0 atom stereocenters. The van der Waals surface area contributed by atoms with E-state index < -0.39 is 0 Å². The van der Waals surface area contributed by atoms with E-state index in [1.54, 1.807) is 41.9 Å². The van der Waals surface area contributed by atoms with Gasteiger partial charge in [-0.3, -0.25) is 4.79 Å². The van der Waals surface area contributed by atoms with E-state index in [-0.39, 0.29) is 12.3 Å². The lowest BCUT2D eigenvalue weighted by Gasteiger charge is -2.18. The molecule has 0 radical (unpaired) electrons. The molecule has 2 nitrogen and oxygen atoms in total. The number of amides is 1. The molecule has 22 heavy (non-hydrogen) atoms. The maximum Gasteiger partial charge on any atom is 0.227 e. The van der Waals surface area contributed by atoms with Crippen molar-refractivity contribution in [1.29, 1.82) is 0 Å². The van der Waals surface area contributed by atoms with E-state index in [0.29, 0.717) is 22.2 Å². The van der Waals surface area contributed by atoms with Crippen LogP contribution in [0.15, 0.2) is 47.4 Å². The zero-order chi connectivity index (χ0) is 16.1. The van der Waals surface area contributed by atoms with Crippen molar-refractivity contribution >= 4 is 40.9 Å². The fourth-order valence-corrected chi connectivity index (χ4v) is 3.02. The minimum Gasteiger partial charge on any atom is -0.341 e. The van der Waals surface area contributed by atoms with Gasteiger partial charge in [0.05, 0.1) is 6.42 Å². The zero-order valence-electron chi connectivity index (χ0n) is 12.5. The summed E-state index contributed by atoms with van der Waals surface area (Å²) in [6.45, 7) is 0.565. The Hall–Kier alpha value is -1.16. The lowest BCUT2D eigenvalue weighted by atomic mass is 10.1. The van der Waals surface area contributed by atoms with E-state index >= 15 is 0 Å². The average molecular weight is 354 g/mol. The highest BCUT2D eigenvalue weighted by Crippen LogP contribution is 2.25. The normalized spacial score (nSPS) is 10.5. The second-order valence-corrected chi connectivity index (χ2v) is 6.67. The Bertz CT molecular complexity index is 638. The Morgan fingerprint density at radius 1 is 1.09 bits per heavy atom. The zero-order valence-corrected chi connectivity index (χ0v) is 14.8. The highest BCUT2D eigenvalue weighted by atomic mass is 35.5. The molecule has 0 aliphatic heterocycles. The van der Waals surface area contributed by atoms with Crippen molar-refractivity contribution in [2.45, 2.75) is 17.9 Å². The van der Waals surface area contributed by atoms with Crippen LogP contribution < -0.4 is 0 Å². The van der Waals surface area contributed by atoms with Gasteiger partial charge in [0, 0.05) is 28.5 Å². The largest absolute Gasteiger partial charge is 0.341 e. The molecule has 0 unspecified atom stereocenters. The number of thioether (sulfide) groups is 1. The van der Waals surface area contributed by atoms with Crippen LogP contribution in [0.2, 0.25) is 10.0 Å². The molecule has 1 amide bonds. The quantitative estimate of drug-likeness (QED) is 0.711. The average Bonchev–Trinajstić information content (AvgIpc) is 2.51. The lowest BCUT2D eigenvalue weighted by Crippen LogP contribution is -2.27. The summed E-state index contributed by atoms with van der Waals surface area (Å²) in [6, 6.07) is 13.5. The van der Waals surface area contributed by atoms with Gasteiger partial charge < -0.3 is 4.90 Å². The smallest absolute Gasteiger partial charge is 0.227 e. The minimum absolute atomic E-state index is 0.0102. The first-order valence-electron chi connectivity index (χ1n) is 6.81. The van der Waals surface area contributed by atoms with Gasteiger partial charge in [0.1, 0.15) is 0 Å². The van der Waals surface area contributed by atoms with Gasteiger partial charge in [-0.2, -0.15) is 0 Å². The maximum absolute atomic E-state index is 12.3. The number of benzene rings is 2. The van der Waals surface area contributed by atoms with E-state index in [1.165, 1.54) is 4.90 Å². The second-order valence-electron chi connectivity index (χ2n) is 4.97. The summed E-state index contributed by atoms with van der Waals surface area (Å²) in [5, 5.41) is 1.05. The first kappa shape index (κ1) is 17.2. The van der Waals surface area contributed by atoms with Crippen molar-refractivity contribution < 1.29 is 4.79 Å². The molecule has 0 spiro atoms. The molecule has 0 N–H and O–H groups in total. The fourth-order valence-electron chi connectivity index (χ4n) is 2.08. The summed E-state index contributed by atoms with van der Waals surface area (Å²) < 4.78 is 0. The van der Waals surface area contributed by atoms with Gasteiger partial charge in [-0.15, -0.1) is 11.8 Å². The number of carbonyl (C=O) groups excluding carboxylic acids is 1. The van der Waals surface area contributed by atoms with Crippen molar-refractivity contribution in [3.8, 4) is 0 Å². The van der Waals surface area contributed by atoms with Crippen molar-refractivity contribution in [1.82, 2.24) is 4.90 Å². The molecular formula is C17H17Cl2NOS. The lowest BCUT2D eigenvalue weighted by molar-refractivity contribution is -0.129. The second kappa shape index (κ2) is 7.91. The number of rotatable bonds is 5. The molecule has 2 rings (SSSR count). The molecule has 0 aliphatic carbocycles. The molecule has 0 fully saturated rings. The van der Waals surface area contributed by atoms with Gasteiger partial charge >= 0.3 is 0 Å². The molecule has 116 valence electrons. The van der Waals surface area contributed by atoms with Gasteiger partial charge in [-0.1, -0.05) is 41.4 Å². The van der Waals surface area contributed by atoms with E-state index in [4.69, 9.17) is 23.2 Å². The van der Waals surface area contributed by atoms with Gasteiger partial charge in [-0.05, 0) is 41.6 Å². The topological polar surface area (TPSA) is 20.3 Å². The van der Waals surface area contributed by atoms with E-state index in [2.05, 4.69) is 12.1 Å². The highest BCUT2D eigenvalue weighted by molar-refractivity contribution is 7.98. The molecular weight excluding hydrogens is 337 g/mol. The standard InChI is InChI=1S/C17H17Cl2NOS/c1-20(11-12-6-8-13(22-2)9-7-12)17(21)10-14-15(18)4-3-5-16(14)19/h3-9H,10-11H2,1-2H3. The van der Waals surface area contributed by atoms with Gasteiger partial charge in [0.25, 0.3) is 0 Å². The number of nitrogens with zero attached hydrogens (tertiary/aromatic N) is 1. The Balaban J connectivity index is 2.02. The summed E-state index contributed by atoms with van der Waals surface area (Å²) >= 11 is 13.9. The van der Waals surface area contributed by atoms with Gasteiger partial charge in [0.15, 0.2) is 0 Å². The van der Waals surface area contributed by atoms with E-state index in [1.807, 2.05) is 18.4 Å². The maximum atomic E-state index is 12.3. The van der Waals surface area contributed by atoms with E-state index in [0.717, 1.165) is 5.56 Å². The monoisotopic (exact) mass is 353 g/mol. The van der Waals surface area contributed by atoms with Crippen LogP contribution in [0, 0.1) is 0 Å². The molecule has 0 bridgehead atoms. The summed E-state index contributed by atoms with van der Waals surface area (Å²) in [6.07, 6.45) is 2.25. The van der Waals surface area contributed by atoms with Crippen LogP contribution in [0.1, 0.15) is 11.1 Å². The number of hydrogen-bond acceptors (Lipinski definition) is 2. The SMILES string of the molecule is CSc1ccc(CN(C)C(=O)Cc2c(Cl)cccc2Cl)cc1. The Morgan fingerprint density at radius 2 is 1.68 bits per heavy atom. The molecule has 2 aromatic rings. The Labute approximate surface area is 145 Å². The Morgan fingerprint density at radius 3 is 2.23 bits per heavy atom. The van der Waals surface area contributed by atoms with Crippen LogP contribution in [0.3, 0.4) is 0 Å². The summed E-state index contributed by atoms with van der Waals surface area (Å²) in [4.78, 5) is 15.2. The number of hydrogen-bond donors (Lipinski definition) is 0. The summed E-state index contributed by atoms with van der Waals surface area (Å²) in [7, 11) is 1.79. The van der Waals surface area contributed by atoms with Crippen molar-refractivity contribution in [3.63, 3.8) is 0 Å². The molecule has 5 heteroatoms. The number of halogens is 2. The van der Waals surface area contributed by atoms with Crippen LogP contribution in [0.25, 0.3) is 0 Å². The van der Waals surface area contributed by atoms with E-state index in [9.17, 15) is 4.79 Å². The fraction of sp³-hybridized carbons (Fsp3) is 0.235. The first-order chi connectivity index (χ1) is 10.5. The summed E-state index contributed by atoms with van der Waals surface area (Å²) in [5.74, 6) is -0.0102. The highest BCUT2D eigenvalue weighted by Gasteiger charge is 2.14. The predicted molar refractivity (Wildman–Crippen MR) is 94.9 cm³/mol. The van der Waals surface area contributed by atoms with Crippen LogP contribution >= 0.6 is 35.0 Å². The van der Waals surface area contributed by atoms with Crippen LogP contribution in [0.4, 0.5) is 0 Å². The molecule has 0 heterocycles. The molecule has 0 aromatic heterocycles. The van der Waals surface area contributed by atoms with Crippen LogP contribution in [0.5, 0.6) is 0 Å². The molecule has 0 saturated carbocycles. The van der Waals surface area contributed by atoms with Gasteiger partial charge in [-0.25, -0.2) is 0 Å². The minimum atomic E-state index is -0.0102. The third kappa shape index (κ3) is 4.42. The number of likely N-dealkylation sites (N-methyl/N-ethyl adjacent to an activating group) is 1. The first-order valence-corrected chi connectivity index (χ1v) is 8.79. The molecule has 0 aliphatic rings. The van der Waals surface area contributed by atoms with Crippen molar-refractivity contribution in [2.24, 2.45) is 0 Å². The third-order valence-electron chi connectivity index (χ3n) is 3.39. The summed E-state index contributed by atoms with van der Waals surface area (Å²) in [5.41, 5.74) is 1.78. The van der Waals surface area contributed by atoms with Crippen molar-refractivity contribution in [2.75, 3.05) is 13.3 Å². The van der Waals surface area contributed by atoms with Crippen molar-refractivity contribution in [3.05, 3.63) is 63.6 Å². The van der Waals surface area contributed by atoms with Crippen LogP contribution in [-0.4, -0.2) is 24.1 Å². The third-order valence-corrected chi connectivity index (χ3v) is 4.85. The molecule has 2 aromatic carbocycles.